The predicted octanol–water partition coefficient (Wildman–Crippen LogP) is 2.38. The van der Waals surface area contributed by atoms with Gasteiger partial charge in [0.15, 0.2) is 0 Å². The Morgan fingerprint density at radius 2 is 2.14 bits per heavy atom. The number of anilines is 1. The summed E-state index contributed by atoms with van der Waals surface area (Å²) < 4.78 is 5.76. The van der Waals surface area contributed by atoms with Crippen molar-refractivity contribution in [3.8, 4) is 0 Å². The van der Waals surface area contributed by atoms with Gasteiger partial charge in [-0.15, -0.1) is 0 Å². The van der Waals surface area contributed by atoms with Crippen LogP contribution in [0.5, 0.6) is 0 Å². The number of nitrogens with zero attached hydrogens (tertiary/aromatic N) is 1. The summed E-state index contributed by atoms with van der Waals surface area (Å²) in [6, 6.07) is 6.49. The van der Waals surface area contributed by atoms with Crippen LogP contribution >= 0.6 is 0 Å². The van der Waals surface area contributed by atoms with E-state index in [4.69, 9.17) is 10.5 Å². The highest BCUT2D eigenvalue weighted by Crippen LogP contribution is 2.34. The van der Waals surface area contributed by atoms with Crippen LogP contribution in [0.2, 0.25) is 0 Å². The molecule has 1 saturated heterocycles. The van der Waals surface area contributed by atoms with E-state index < -0.39 is 0 Å². The second-order valence-corrected chi connectivity index (χ2v) is 7.39. The summed E-state index contributed by atoms with van der Waals surface area (Å²) in [7, 11) is 0. The number of nitrogens with two attached hydrogens (primary N) is 1. The van der Waals surface area contributed by atoms with Gasteiger partial charge < -0.3 is 15.4 Å². The quantitative estimate of drug-likeness (QED) is 0.912. The number of benzene rings is 1. The minimum absolute atomic E-state index is 0.0410. The van der Waals surface area contributed by atoms with E-state index in [2.05, 4.69) is 39.0 Å². The van der Waals surface area contributed by atoms with Gasteiger partial charge in [-0.25, -0.2) is 0 Å². The number of carbonyl (C=O) groups excluding carboxylic acids is 1. The van der Waals surface area contributed by atoms with E-state index in [1.165, 1.54) is 11.1 Å². The second kappa shape index (κ2) is 5.67. The SMILES string of the molecule is CC(C)(C)c1ccc2c(c1)CCN2C(=O)[C@@H]1CC[C@H](CN)O1. The van der Waals surface area contributed by atoms with E-state index in [-0.39, 0.29) is 23.5 Å². The summed E-state index contributed by atoms with van der Waals surface area (Å²) in [5.74, 6) is 0.0956. The lowest BCUT2D eigenvalue weighted by Crippen LogP contribution is -2.38. The van der Waals surface area contributed by atoms with Gasteiger partial charge in [0.2, 0.25) is 0 Å². The molecule has 1 aromatic rings. The first kappa shape index (κ1) is 15.5. The van der Waals surface area contributed by atoms with Crippen LogP contribution in [-0.2, 0) is 21.4 Å². The average Bonchev–Trinajstić information content (AvgIpc) is 3.11. The van der Waals surface area contributed by atoms with Crippen molar-refractivity contribution in [2.75, 3.05) is 18.0 Å². The third-order valence-corrected chi connectivity index (χ3v) is 4.75. The van der Waals surface area contributed by atoms with Gasteiger partial charge in [0.25, 0.3) is 5.91 Å². The average molecular weight is 302 g/mol. The highest BCUT2D eigenvalue weighted by molar-refractivity contribution is 5.98. The van der Waals surface area contributed by atoms with Crippen molar-refractivity contribution in [1.29, 1.82) is 0 Å². The maximum Gasteiger partial charge on any atom is 0.256 e. The van der Waals surface area contributed by atoms with Gasteiger partial charge in [0, 0.05) is 18.8 Å². The van der Waals surface area contributed by atoms with Gasteiger partial charge in [-0.2, -0.15) is 0 Å². The first-order chi connectivity index (χ1) is 10.4. The van der Waals surface area contributed by atoms with Crippen molar-refractivity contribution >= 4 is 11.6 Å². The van der Waals surface area contributed by atoms with Crippen LogP contribution in [0.15, 0.2) is 18.2 Å². The Kier molecular flexibility index (Phi) is 4.00. The van der Waals surface area contributed by atoms with Gasteiger partial charge >= 0.3 is 0 Å². The van der Waals surface area contributed by atoms with Crippen LogP contribution < -0.4 is 10.6 Å². The molecule has 1 fully saturated rings. The highest BCUT2D eigenvalue weighted by Gasteiger charge is 2.36. The fourth-order valence-electron chi connectivity index (χ4n) is 3.33. The summed E-state index contributed by atoms with van der Waals surface area (Å²) >= 11 is 0. The van der Waals surface area contributed by atoms with Gasteiger partial charge in [0.05, 0.1) is 6.10 Å². The van der Waals surface area contributed by atoms with Crippen molar-refractivity contribution < 1.29 is 9.53 Å². The molecule has 3 rings (SSSR count). The smallest absolute Gasteiger partial charge is 0.256 e. The van der Waals surface area contributed by atoms with Gasteiger partial charge in [-0.05, 0) is 41.9 Å². The maximum atomic E-state index is 12.7. The van der Waals surface area contributed by atoms with Gasteiger partial charge in [-0.1, -0.05) is 32.9 Å². The van der Waals surface area contributed by atoms with Gasteiger partial charge in [-0.3, -0.25) is 4.79 Å². The summed E-state index contributed by atoms with van der Waals surface area (Å²) in [6.07, 6.45) is 2.32. The van der Waals surface area contributed by atoms with Crippen LogP contribution in [0.4, 0.5) is 5.69 Å². The minimum atomic E-state index is -0.318. The van der Waals surface area contributed by atoms with E-state index in [9.17, 15) is 4.79 Å². The summed E-state index contributed by atoms with van der Waals surface area (Å²) in [6.45, 7) is 7.90. The number of amides is 1. The first-order valence-electron chi connectivity index (χ1n) is 8.20. The molecule has 2 heterocycles. The number of hydrogen-bond donors (Lipinski definition) is 1. The van der Waals surface area contributed by atoms with Crippen LogP contribution in [0.25, 0.3) is 0 Å². The van der Waals surface area contributed by atoms with E-state index in [1.807, 2.05) is 4.90 Å². The Morgan fingerprint density at radius 3 is 2.77 bits per heavy atom. The monoisotopic (exact) mass is 302 g/mol. The Bertz CT molecular complexity index is 577. The molecular weight excluding hydrogens is 276 g/mol. The summed E-state index contributed by atoms with van der Waals surface area (Å²) in [4.78, 5) is 14.6. The van der Waals surface area contributed by atoms with Crippen LogP contribution in [0.1, 0.15) is 44.7 Å². The standard InChI is InChI=1S/C18H26N2O2/c1-18(2,3)13-4-6-15-12(10-13)8-9-20(15)17(21)16-7-5-14(11-19)22-16/h4,6,10,14,16H,5,7-9,11,19H2,1-3H3/t14-,16+/m1/s1. The minimum Gasteiger partial charge on any atom is -0.364 e. The molecule has 1 amide bonds. The molecule has 2 aliphatic heterocycles. The molecular formula is C18H26N2O2. The Balaban J connectivity index is 1.78. The Labute approximate surface area is 132 Å². The predicted molar refractivity (Wildman–Crippen MR) is 88.1 cm³/mol. The van der Waals surface area contributed by atoms with Crippen molar-refractivity contribution in [2.24, 2.45) is 5.73 Å². The molecule has 0 aromatic heterocycles. The molecule has 0 unspecified atom stereocenters. The largest absolute Gasteiger partial charge is 0.364 e. The Hall–Kier alpha value is -1.39. The zero-order chi connectivity index (χ0) is 15.9. The zero-order valence-corrected chi connectivity index (χ0v) is 13.8. The topological polar surface area (TPSA) is 55.6 Å². The first-order valence-corrected chi connectivity index (χ1v) is 8.20. The summed E-state index contributed by atoms with van der Waals surface area (Å²) in [5.41, 5.74) is 9.41. The normalized spacial score (nSPS) is 24.6. The molecule has 4 nitrogen and oxygen atoms in total. The second-order valence-electron chi connectivity index (χ2n) is 7.39. The number of carbonyl (C=O) groups is 1. The number of fused-ring (bicyclic) bond motifs is 1. The Morgan fingerprint density at radius 1 is 1.36 bits per heavy atom. The molecule has 0 saturated carbocycles. The van der Waals surface area contributed by atoms with Gasteiger partial charge in [0.1, 0.15) is 6.10 Å². The molecule has 1 aromatic carbocycles. The van der Waals surface area contributed by atoms with Crippen molar-refractivity contribution in [3.63, 3.8) is 0 Å². The molecule has 0 bridgehead atoms. The van der Waals surface area contributed by atoms with Crippen molar-refractivity contribution in [1.82, 2.24) is 0 Å². The lowest BCUT2D eigenvalue weighted by molar-refractivity contribution is -0.129. The molecule has 4 heteroatoms. The van der Waals surface area contributed by atoms with E-state index >= 15 is 0 Å². The van der Waals surface area contributed by atoms with E-state index in [0.29, 0.717) is 6.54 Å². The fourth-order valence-corrected chi connectivity index (χ4v) is 3.33. The number of ether oxygens (including phenoxy) is 1. The zero-order valence-electron chi connectivity index (χ0n) is 13.8. The fraction of sp³-hybridized carbons (Fsp3) is 0.611. The summed E-state index contributed by atoms with van der Waals surface area (Å²) in [5, 5.41) is 0. The molecule has 2 aliphatic rings. The molecule has 0 radical (unpaired) electrons. The number of rotatable bonds is 2. The molecule has 0 spiro atoms. The van der Waals surface area contributed by atoms with Crippen LogP contribution in [0.3, 0.4) is 0 Å². The third kappa shape index (κ3) is 2.77. The highest BCUT2D eigenvalue weighted by atomic mass is 16.5. The lowest BCUT2D eigenvalue weighted by Gasteiger charge is -2.23. The van der Waals surface area contributed by atoms with E-state index in [0.717, 1.165) is 31.5 Å². The molecule has 2 N–H and O–H groups in total. The molecule has 22 heavy (non-hydrogen) atoms. The molecule has 120 valence electrons. The third-order valence-electron chi connectivity index (χ3n) is 4.75. The molecule has 0 aliphatic carbocycles. The van der Waals surface area contributed by atoms with Crippen LogP contribution in [0, 0.1) is 0 Å². The number of hydrogen-bond acceptors (Lipinski definition) is 3. The van der Waals surface area contributed by atoms with Crippen molar-refractivity contribution in [2.45, 2.75) is 57.7 Å². The lowest BCUT2D eigenvalue weighted by atomic mass is 9.86. The van der Waals surface area contributed by atoms with Crippen LogP contribution in [-0.4, -0.2) is 31.2 Å². The van der Waals surface area contributed by atoms with E-state index in [1.54, 1.807) is 0 Å². The maximum absolute atomic E-state index is 12.7. The van der Waals surface area contributed by atoms with Crippen molar-refractivity contribution in [3.05, 3.63) is 29.3 Å². The molecule has 2 atom stereocenters.